The van der Waals surface area contributed by atoms with E-state index in [0.29, 0.717) is 11.5 Å². The second kappa shape index (κ2) is 5.06. The van der Waals surface area contributed by atoms with E-state index >= 15 is 0 Å². The third-order valence-corrected chi connectivity index (χ3v) is 2.98. The molecule has 0 atom stereocenters. The summed E-state index contributed by atoms with van der Waals surface area (Å²) in [7, 11) is 1.60. The Morgan fingerprint density at radius 1 is 1.05 bits per heavy atom. The normalized spacial score (nSPS) is 10.8. The van der Waals surface area contributed by atoms with Gasteiger partial charge in [0.05, 0.1) is 12.6 Å². The van der Waals surface area contributed by atoms with E-state index in [4.69, 9.17) is 4.74 Å². The minimum atomic E-state index is 0.583. The number of fused-ring (bicyclic) bond motifs is 1. The van der Waals surface area contributed by atoms with Gasteiger partial charge >= 0.3 is 0 Å². The van der Waals surface area contributed by atoms with Crippen LogP contribution >= 0.6 is 0 Å². The zero-order valence-corrected chi connectivity index (χ0v) is 10.6. The molecule has 3 aromatic heterocycles. The quantitative estimate of drug-likeness (QED) is 0.774. The summed E-state index contributed by atoms with van der Waals surface area (Å²) in [5.74, 6) is 1.52. The van der Waals surface area contributed by atoms with Gasteiger partial charge in [0.25, 0.3) is 0 Å². The molecule has 0 saturated carbocycles. The molecule has 3 aromatic rings. The molecule has 0 amide bonds. The monoisotopic (exact) mass is 254 g/mol. The molecule has 0 aliphatic heterocycles. The zero-order chi connectivity index (χ0) is 13.1. The molecule has 0 spiro atoms. The van der Waals surface area contributed by atoms with Gasteiger partial charge in [-0.1, -0.05) is 0 Å². The maximum absolute atomic E-state index is 5.09. The molecule has 0 radical (unpaired) electrons. The summed E-state index contributed by atoms with van der Waals surface area (Å²) < 4.78 is 5.09. The number of aromatic amines is 1. The first kappa shape index (κ1) is 11.6. The van der Waals surface area contributed by atoms with Crippen LogP contribution in [0.4, 0.5) is 0 Å². The van der Waals surface area contributed by atoms with E-state index in [9.17, 15) is 0 Å². The lowest BCUT2D eigenvalue weighted by Crippen LogP contribution is -1.93. The SMILES string of the molecule is COc1ccc2[nH]c(CCc3ccncc3)nc2n1. The van der Waals surface area contributed by atoms with Crippen LogP contribution in [0.5, 0.6) is 5.88 Å². The van der Waals surface area contributed by atoms with E-state index < -0.39 is 0 Å². The molecule has 0 aromatic carbocycles. The van der Waals surface area contributed by atoms with Gasteiger partial charge < -0.3 is 9.72 Å². The second-order valence-corrected chi connectivity index (χ2v) is 4.26. The fourth-order valence-corrected chi connectivity index (χ4v) is 1.97. The molecular formula is C14H14N4O. The van der Waals surface area contributed by atoms with Crippen LogP contribution in [0, 0.1) is 0 Å². The van der Waals surface area contributed by atoms with Gasteiger partial charge in [-0.25, -0.2) is 4.98 Å². The third kappa shape index (κ3) is 2.54. The Labute approximate surface area is 110 Å². The molecule has 0 unspecified atom stereocenters. The number of rotatable bonds is 4. The van der Waals surface area contributed by atoms with Gasteiger partial charge in [-0.3, -0.25) is 4.98 Å². The van der Waals surface area contributed by atoms with Gasteiger partial charge in [-0.2, -0.15) is 4.98 Å². The van der Waals surface area contributed by atoms with Crippen molar-refractivity contribution < 1.29 is 4.74 Å². The first-order chi connectivity index (χ1) is 9.35. The molecule has 3 rings (SSSR count). The zero-order valence-electron chi connectivity index (χ0n) is 10.6. The van der Waals surface area contributed by atoms with E-state index in [2.05, 4.69) is 19.9 Å². The summed E-state index contributed by atoms with van der Waals surface area (Å²) in [4.78, 5) is 16.0. The van der Waals surface area contributed by atoms with Gasteiger partial charge in [0.15, 0.2) is 5.65 Å². The number of nitrogens with zero attached hydrogens (tertiary/aromatic N) is 3. The second-order valence-electron chi connectivity index (χ2n) is 4.26. The Morgan fingerprint density at radius 3 is 2.68 bits per heavy atom. The van der Waals surface area contributed by atoms with Crippen molar-refractivity contribution in [1.82, 2.24) is 19.9 Å². The predicted molar refractivity (Wildman–Crippen MR) is 72.1 cm³/mol. The lowest BCUT2D eigenvalue weighted by molar-refractivity contribution is 0.399. The van der Waals surface area contributed by atoms with Crippen molar-refractivity contribution in [2.45, 2.75) is 12.8 Å². The molecule has 0 bridgehead atoms. The Hall–Kier alpha value is -2.43. The predicted octanol–water partition coefficient (Wildman–Crippen LogP) is 2.15. The Balaban J connectivity index is 1.78. The lowest BCUT2D eigenvalue weighted by Gasteiger charge is -1.97. The van der Waals surface area contributed by atoms with E-state index in [1.807, 2.05) is 24.3 Å². The van der Waals surface area contributed by atoms with Crippen LogP contribution in [0.25, 0.3) is 11.2 Å². The molecule has 0 fully saturated rings. The Morgan fingerprint density at radius 2 is 1.89 bits per heavy atom. The molecule has 5 nitrogen and oxygen atoms in total. The molecule has 0 aliphatic rings. The third-order valence-electron chi connectivity index (χ3n) is 2.98. The van der Waals surface area contributed by atoms with Gasteiger partial charge in [-0.15, -0.1) is 0 Å². The number of H-pyrrole nitrogens is 1. The summed E-state index contributed by atoms with van der Waals surface area (Å²) in [6.07, 6.45) is 5.39. The largest absolute Gasteiger partial charge is 0.481 e. The number of imidazole rings is 1. The molecule has 0 aliphatic carbocycles. The number of aryl methyl sites for hydroxylation is 2. The number of methoxy groups -OCH3 is 1. The highest BCUT2D eigenvalue weighted by Gasteiger charge is 2.05. The number of pyridine rings is 2. The first-order valence-corrected chi connectivity index (χ1v) is 6.14. The number of nitrogens with one attached hydrogen (secondary N) is 1. The van der Waals surface area contributed by atoms with Gasteiger partial charge in [0.1, 0.15) is 5.82 Å². The number of hydrogen-bond donors (Lipinski definition) is 1. The highest BCUT2D eigenvalue weighted by molar-refractivity contribution is 5.71. The maximum atomic E-state index is 5.09. The number of aromatic nitrogens is 4. The van der Waals surface area contributed by atoms with E-state index in [1.165, 1.54) is 5.56 Å². The summed E-state index contributed by atoms with van der Waals surface area (Å²) in [5.41, 5.74) is 2.88. The Bertz CT molecular complexity index is 678. The summed E-state index contributed by atoms with van der Waals surface area (Å²) >= 11 is 0. The lowest BCUT2D eigenvalue weighted by atomic mass is 10.1. The van der Waals surface area contributed by atoms with E-state index in [-0.39, 0.29) is 0 Å². The average molecular weight is 254 g/mol. The maximum Gasteiger partial charge on any atom is 0.215 e. The van der Waals surface area contributed by atoms with E-state index in [0.717, 1.165) is 24.2 Å². The molecule has 96 valence electrons. The fraction of sp³-hybridized carbons (Fsp3) is 0.214. The van der Waals surface area contributed by atoms with Crippen LogP contribution < -0.4 is 4.74 Å². The molecule has 5 heteroatoms. The van der Waals surface area contributed by atoms with Gasteiger partial charge in [-0.05, 0) is 30.2 Å². The van der Waals surface area contributed by atoms with Crippen molar-refractivity contribution in [3.8, 4) is 5.88 Å². The number of hydrogen-bond acceptors (Lipinski definition) is 4. The summed E-state index contributed by atoms with van der Waals surface area (Å²) in [5, 5.41) is 0. The topological polar surface area (TPSA) is 63.7 Å². The molecule has 19 heavy (non-hydrogen) atoms. The minimum absolute atomic E-state index is 0.583. The average Bonchev–Trinajstić information content (AvgIpc) is 2.88. The van der Waals surface area contributed by atoms with Crippen LogP contribution in [0.3, 0.4) is 0 Å². The summed E-state index contributed by atoms with van der Waals surface area (Å²) in [6, 6.07) is 7.80. The molecule has 1 N–H and O–H groups in total. The Kier molecular flexibility index (Phi) is 3.10. The summed E-state index contributed by atoms with van der Waals surface area (Å²) in [6.45, 7) is 0. The highest BCUT2D eigenvalue weighted by atomic mass is 16.5. The highest BCUT2D eigenvalue weighted by Crippen LogP contribution is 2.15. The van der Waals surface area contributed by atoms with E-state index in [1.54, 1.807) is 19.5 Å². The molecule has 3 heterocycles. The number of ether oxygens (including phenoxy) is 1. The van der Waals surface area contributed by atoms with Crippen LogP contribution in [0.2, 0.25) is 0 Å². The van der Waals surface area contributed by atoms with Crippen molar-refractivity contribution in [2.75, 3.05) is 7.11 Å². The van der Waals surface area contributed by atoms with Crippen LogP contribution in [-0.2, 0) is 12.8 Å². The minimum Gasteiger partial charge on any atom is -0.481 e. The van der Waals surface area contributed by atoms with Crippen LogP contribution in [0.15, 0.2) is 36.7 Å². The van der Waals surface area contributed by atoms with Crippen molar-refractivity contribution >= 4 is 11.2 Å². The first-order valence-electron chi connectivity index (χ1n) is 6.14. The van der Waals surface area contributed by atoms with Crippen LogP contribution in [-0.4, -0.2) is 27.0 Å². The van der Waals surface area contributed by atoms with Crippen molar-refractivity contribution in [3.05, 3.63) is 48.0 Å². The van der Waals surface area contributed by atoms with Crippen molar-refractivity contribution in [3.63, 3.8) is 0 Å². The molecule has 0 saturated heterocycles. The van der Waals surface area contributed by atoms with Gasteiger partial charge in [0, 0.05) is 24.9 Å². The standard InChI is InChI=1S/C14H14N4O/c1-19-13-5-3-11-14(18-13)17-12(16-11)4-2-10-6-8-15-9-7-10/h3,5-9H,2,4H2,1H3,(H,16,17,18). The van der Waals surface area contributed by atoms with Gasteiger partial charge in [0.2, 0.25) is 5.88 Å². The molecular weight excluding hydrogens is 240 g/mol. The smallest absolute Gasteiger partial charge is 0.215 e. The fourth-order valence-electron chi connectivity index (χ4n) is 1.97. The van der Waals surface area contributed by atoms with Crippen LogP contribution in [0.1, 0.15) is 11.4 Å². The van der Waals surface area contributed by atoms with Crippen molar-refractivity contribution in [1.29, 1.82) is 0 Å². The van der Waals surface area contributed by atoms with Crippen molar-refractivity contribution in [2.24, 2.45) is 0 Å².